The van der Waals surface area contributed by atoms with Gasteiger partial charge >= 0.3 is 0 Å². The normalized spacial score (nSPS) is 13.2. The molecule has 0 aliphatic carbocycles. The second kappa shape index (κ2) is 12.2. The number of allylic oxidation sites excluding steroid dienone is 2. The van der Waals surface area contributed by atoms with Crippen molar-refractivity contribution in [2.45, 2.75) is 59.8 Å². The van der Waals surface area contributed by atoms with Crippen molar-refractivity contribution in [2.75, 3.05) is 0 Å². The molecule has 29 heavy (non-hydrogen) atoms. The Hall–Kier alpha value is -0.730. The molecule has 0 N–H and O–H groups in total. The van der Waals surface area contributed by atoms with E-state index in [2.05, 4.69) is 104 Å². The molecule has 2 aromatic heterocycles. The van der Waals surface area contributed by atoms with Gasteiger partial charge in [-0.3, -0.25) is 4.99 Å². The summed E-state index contributed by atoms with van der Waals surface area (Å²) in [5.41, 5.74) is 3.58. The van der Waals surface area contributed by atoms with Crippen molar-refractivity contribution in [3.05, 3.63) is 43.4 Å². The lowest BCUT2D eigenvalue weighted by Crippen LogP contribution is -1.97. The molecule has 0 amide bonds. The maximum Gasteiger partial charge on any atom is 0.127 e. The Balaban J connectivity index is 0.000000218. The van der Waals surface area contributed by atoms with Gasteiger partial charge in [0.1, 0.15) is 9.21 Å². The molecule has 0 radical (unpaired) electrons. The van der Waals surface area contributed by atoms with Gasteiger partial charge in [0.2, 0.25) is 0 Å². The molecular weight excluding hydrogens is 562 g/mol. The third-order valence-electron chi connectivity index (χ3n) is 4.25. The van der Waals surface area contributed by atoms with E-state index in [1.165, 1.54) is 15.9 Å². The minimum Gasteiger partial charge on any atom is -0.336 e. The van der Waals surface area contributed by atoms with Gasteiger partial charge in [-0.1, -0.05) is 57.5 Å². The van der Waals surface area contributed by atoms with E-state index in [9.17, 15) is 0 Å². The summed E-state index contributed by atoms with van der Waals surface area (Å²) in [6.07, 6.45) is 6.56. The molecule has 162 valence electrons. The van der Waals surface area contributed by atoms with Crippen LogP contribution in [0.1, 0.15) is 71.2 Å². The van der Waals surface area contributed by atoms with E-state index in [0.29, 0.717) is 17.8 Å². The van der Waals surface area contributed by atoms with Gasteiger partial charge in [-0.05, 0) is 49.6 Å². The zero-order valence-corrected chi connectivity index (χ0v) is 23.3. The van der Waals surface area contributed by atoms with Crippen LogP contribution in [0.2, 0.25) is 0 Å². The Morgan fingerprint density at radius 2 is 1.41 bits per heavy atom. The summed E-state index contributed by atoms with van der Waals surface area (Å²) in [4.78, 5) is 12.6. The number of halogens is 3. The Labute approximate surface area is 200 Å². The number of aliphatic imine (C=N–C) groups is 1. The van der Waals surface area contributed by atoms with Crippen molar-refractivity contribution in [3.63, 3.8) is 0 Å². The highest BCUT2D eigenvalue weighted by atomic mass is 79.9. The summed E-state index contributed by atoms with van der Waals surface area (Å²) >= 11 is 10.3. The maximum atomic E-state index is 4.23. The Morgan fingerprint density at radius 3 is 1.62 bits per heavy atom. The van der Waals surface area contributed by atoms with Crippen LogP contribution in [-0.2, 0) is 14.1 Å². The van der Waals surface area contributed by atoms with E-state index in [0.717, 1.165) is 21.3 Å². The first-order chi connectivity index (χ1) is 13.5. The molecule has 2 aromatic rings. The first kappa shape index (κ1) is 26.3. The minimum atomic E-state index is 0.496. The number of hydrogen-bond donors (Lipinski definition) is 0. The fourth-order valence-corrected chi connectivity index (χ4v) is 4.92. The van der Waals surface area contributed by atoms with Crippen LogP contribution in [0, 0.1) is 5.92 Å². The van der Waals surface area contributed by atoms with Crippen LogP contribution in [0.4, 0.5) is 0 Å². The first-order valence-corrected chi connectivity index (χ1v) is 12.1. The highest BCUT2D eigenvalue weighted by Gasteiger charge is 2.10. The molecule has 0 aromatic carbocycles. The number of aromatic nitrogens is 4. The van der Waals surface area contributed by atoms with Crippen LogP contribution in [0.15, 0.2) is 37.0 Å². The zero-order valence-electron chi connectivity index (χ0n) is 18.5. The second-order valence-corrected chi connectivity index (χ2v) is 10.3. The molecule has 8 heteroatoms. The molecule has 0 fully saturated rings. The fraction of sp³-hybridized carbons (Fsp3) is 0.571. The first-order valence-electron chi connectivity index (χ1n) is 9.71. The Kier molecular flexibility index (Phi) is 11.1. The van der Waals surface area contributed by atoms with Crippen LogP contribution in [0.25, 0.3) is 0 Å². The van der Waals surface area contributed by atoms with E-state index < -0.39 is 0 Å². The zero-order chi connectivity index (χ0) is 22.3. The molecule has 0 saturated carbocycles. The maximum absolute atomic E-state index is 4.23. The largest absolute Gasteiger partial charge is 0.336 e. The summed E-state index contributed by atoms with van der Waals surface area (Å²) in [5, 5.41) is 0. The van der Waals surface area contributed by atoms with Crippen LogP contribution in [-0.4, -0.2) is 25.3 Å². The number of hydrogen-bond acceptors (Lipinski definition) is 3. The number of imidazole rings is 2. The molecule has 3 rings (SSSR count). The third-order valence-corrected chi connectivity index (χ3v) is 6.55. The molecule has 0 bridgehead atoms. The van der Waals surface area contributed by atoms with Crippen molar-refractivity contribution in [2.24, 2.45) is 25.0 Å². The van der Waals surface area contributed by atoms with Crippen molar-refractivity contribution in [1.82, 2.24) is 19.1 Å². The van der Waals surface area contributed by atoms with Gasteiger partial charge in [-0.15, -0.1) is 0 Å². The summed E-state index contributed by atoms with van der Waals surface area (Å²) in [6.45, 7) is 12.9. The molecule has 1 aliphatic rings. The van der Waals surface area contributed by atoms with E-state index >= 15 is 0 Å². The molecule has 0 unspecified atom stereocenters. The SMILES string of the molecule is CC(C)C1=C(Br)CC=N1.CC(C)c1c(Br)ncn1C.CC(C)c1ncn(C)c1Br. The van der Waals surface area contributed by atoms with E-state index in [-0.39, 0.29) is 0 Å². The molecule has 1 aliphatic heterocycles. The summed E-state index contributed by atoms with van der Waals surface area (Å²) in [7, 11) is 3.98. The van der Waals surface area contributed by atoms with Crippen LogP contribution >= 0.6 is 47.8 Å². The topological polar surface area (TPSA) is 48.0 Å². The van der Waals surface area contributed by atoms with Gasteiger partial charge in [-0.25, -0.2) is 9.97 Å². The average Bonchev–Trinajstić information content (AvgIpc) is 3.29. The van der Waals surface area contributed by atoms with Gasteiger partial charge in [0, 0.05) is 31.2 Å². The van der Waals surface area contributed by atoms with Gasteiger partial charge in [0.25, 0.3) is 0 Å². The standard InChI is InChI=1S/2C7H11BrN2.C7H10BrN/c1-5(2)6-7(8)9-4-10(6)3;1-5(2)6-7(8)10(3)4-9-6;1-5(2)7-6(8)3-4-9-7/h2*4-5H,1-3H3;4-5H,3H2,1-2H3. The highest BCUT2D eigenvalue weighted by molar-refractivity contribution is 9.11. The average molecular weight is 594 g/mol. The number of rotatable bonds is 3. The van der Waals surface area contributed by atoms with Gasteiger partial charge in [0.15, 0.2) is 0 Å². The highest BCUT2D eigenvalue weighted by Crippen LogP contribution is 2.27. The molecule has 0 atom stereocenters. The molecular formula is C21H32Br3N5. The quantitative estimate of drug-likeness (QED) is 0.374. The molecule has 0 spiro atoms. The lowest BCUT2D eigenvalue weighted by molar-refractivity contribution is 0.737. The fourth-order valence-electron chi connectivity index (χ4n) is 2.74. The summed E-state index contributed by atoms with van der Waals surface area (Å²) < 4.78 is 7.30. The number of aryl methyl sites for hydroxylation is 2. The predicted molar refractivity (Wildman–Crippen MR) is 134 cm³/mol. The monoisotopic (exact) mass is 591 g/mol. The Morgan fingerprint density at radius 1 is 0.828 bits per heavy atom. The van der Waals surface area contributed by atoms with Crippen molar-refractivity contribution < 1.29 is 0 Å². The third kappa shape index (κ3) is 7.79. The Bertz CT molecular complexity index is 825. The molecule has 0 saturated heterocycles. The predicted octanol–water partition coefficient (Wildman–Crippen LogP) is 7.34. The lowest BCUT2D eigenvalue weighted by Gasteiger charge is -2.05. The number of nitrogens with zero attached hydrogens (tertiary/aromatic N) is 5. The molecule has 5 nitrogen and oxygen atoms in total. The van der Waals surface area contributed by atoms with Gasteiger partial charge in [-0.2, -0.15) is 0 Å². The van der Waals surface area contributed by atoms with E-state index in [4.69, 9.17) is 0 Å². The van der Waals surface area contributed by atoms with Crippen LogP contribution in [0.5, 0.6) is 0 Å². The summed E-state index contributed by atoms with van der Waals surface area (Å²) in [5.74, 6) is 1.58. The van der Waals surface area contributed by atoms with Crippen LogP contribution < -0.4 is 0 Å². The van der Waals surface area contributed by atoms with E-state index in [1.54, 1.807) is 0 Å². The molecule has 3 heterocycles. The lowest BCUT2D eigenvalue weighted by atomic mass is 10.1. The minimum absolute atomic E-state index is 0.496. The van der Waals surface area contributed by atoms with Gasteiger partial charge < -0.3 is 9.13 Å². The second-order valence-electron chi connectivity index (χ2n) is 7.83. The van der Waals surface area contributed by atoms with Crippen molar-refractivity contribution in [3.8, 4) is 0 Å². The van der Waals surface area contributed by atoms with Crippen LogP contribution in [0.3, 0.4) is 0 Å². The van der Waals surface area contributed by atoms with Crippen molar-refractivity contribution >= 4 is 54.0 Å². The van der Waals surface area contributed by atoms with E-state index in [1.807, 2.05) is 42.1 Å². The summed E-state index contributed by atoms with van der Waals surface area (Å²) in [6, 6.07) is 0. The smallest absolute Gasteiger partial charge is 0.127 e. The van der Waals surface area contributed by atoms with Crippen molar-refractivity contribution in [1.29, 1.82) is 0 Å². The van der Waals surface area contributed by atoms with Gasteiger partial charge in [0.05, 0.1) is 29.7 Å².